The Kier molecular flexibility index (Phi) is 3.63. The lowest BCUT2D eigenvalue weighted by atomic mass is 9.92. The Hall–Kier alpha value is -2.32. The number of fused-ring (bicyclic) bond motifs is 1. The lowest BCUT2D eigenvalue weighted by Gasteiger charge is -2.17. The zero-order valence-corrected chi connectivity index (χ0v) is 12.2. The zero-order chi connectivity index (χ0) is 14.8. The molecule has 106 valence electrons. The van der Waals surface area contributed by atoms with E-state index in [2.05, 4.69) is 24.3 Å². The van der Waals surface area contributed by atoms with E-state index in [1.54, 1.807) is 7.11 Å². The predicted molar refractivity (Wildman–Crippen MR) is 85.7 cm³/mol. The quantitative estimate of drug-likeness (QED) is 0.776. The first-order valence-electron chi connectivity index (χ1n) is 7.01. The van der Waals surface area contributed by atoms with Crippen LogP contribution in [-0.4, -0.2) is 12.2 Å². The summed E-state index contributed by atoms with van der Waals surface area (Å²) in [6.07, 6.45) is -0.661. The van der Waals surface area contributed by atoms with Crippen molar-refractivity contribution in [1.82, 2.24) is 0 Å². The van der Waals surface area contributed by atoms with Gasteiger partial charge in [-0.05, 0) is 46.5 Å². The number of benzene rings is 3. The van der Waals surface area contributed by atoms with E-state index in [1.807, 2.05) is 43.3 Å². The van der Waals surface area contributed by atoms with Gasteiger partial charge >= 0.3 is 0 Å². The van der Waals surface area contributed by atoms with Crippen LogP contribution in [0.15, 0.2) is 60.7 Å². The molecule has 2 nitrogen and oxygen atoms in total. The maximum Gasteiger partial charge on any atom is 0.119 e. The second kappa shape index (κ2) is 5.58. The van der Waals surface area contributed by atoms with Crippen molar-refractivity contribution in [2.45, 2.75) is 13.0 Å². The molecule has 0 saturated carbocycles. The smallest absolute Gasteiger partial charge is 0.119 e. The first-order chi connectivity index (χ1) is 10.2. The summed E-state index contributed by atoms with van der Waals surface area (Å²) in [5.74, 6) is 0.754. The first kappa shape index (κ1) is 13.7. The highest BCUT2D eigenvalue weighted by Crippen LogP contribution is 2.32. The summed E-state index contributed by atoms with van der Waals surface area (Å²) in [4.78, 5) is 0. The average Bonchev–Trinajstić information content (AvgIpc) is 2.54. The summed E-state index contributed by atoms with van der Waals surface area (Å²) in [6, 6.07) is 19.9. The lowest BCUT2D eigenvalue weighted by Crippen LogP contribution is -2.03. The summed E-state index contributed by atoms with van der Waals surface area (Å²) >= 11 is 0. The van der Waals surface area contributed by atoms with Gasteiger partial charge in [-0.2, -0.15) is 0 Å². The molecule has 0 amide bonds. The van der Waals surface area contributed by atoms with E-state index >= 15 is 0 Å². The highest BCUT2D eigenvalue weighted by molar-refractivity contribution is 5.87. The van der Waals surface area contributed by atoms with Gasteiger partial charge in [-0.1, -0.05) is 48.5 Å². The number of hydrogen-bond acceptors (Lipinski definition) is 2. The molecule has 2 heteroatoms. The molecule has 1 N–H and O–H groups in total. The summed E-state index contributed by atoms with van der Waals surface area (Å²) in [7, 11) is 1.63. The van der Waals surface area contributed by atoms with E-state index in [4.69, 9.17) is 4.74 Å². The van der Waals surface area contributed by atoms with Gasteiger partial charge in [0.1, 0.15) is 11.9 Å². The van der Waals surface area contributed by atoms with Crippen LogP contribution in [0, 0.1) is 6.92 Å². The molecule has 21 heavy (non-hydrogen) atoms. The van der Waals surface area contributed by atoms with Crippen LogP contribution >= 0.6 is 0 Å². The molecule has 0 aromatic heterocycles. The van der Waals surface area contributed by atoms with Gasteiger partial charge in [0.15, 0.2) is 0 Å². The second-order valence-corrected chi connectivity index (χ2v) is 5.20. The molecule has 0 unspecified atom stereocenters. The Labute approximate surface area is 124 Å². The minimum absolute atomic E-state index is 0.661. The van der Waals surface area contributed by atoms with Gasteiger partial charge in [-0.15, -0.1) is 0 Å². The van der Waals surface area contributed by atoms with E-state index in [1.165, 1.54) is 0 Å². The monoisotopic (exact) mass is 278 g/mol. The topological polar surface area (TPSA) is 29.5 Å². The molecule has 3 rings (SSSR count). The fourth-order valence-corrected chi connectivity index (χ4v) is 2.75. The van der Waals surface area contributed by atoms with Crippen molar-refractivity contribution in [3.8, 4) is 5.75 Å². The van der Waals surface area contributed by atoms with Gasteiger partial charge in [-0.25, -0.2) is 0 Å². The number of rotatable bonds is 3. The molecule has 0 aliphatic heterocycles. The van der Waals surface area contributed by atoms with Crippen LogP contribution in [0.5, 0.6) is 5.75 Å². The van der Waals surface area contributed by atoms with Crippen LogP contribution < -0.4 is 4.74 Å². The van der Waals surface area contributed by atoms with Crippen LogP contribution in [0.4, 0.5) is 0 Å². The van der Waals surface area contributed by atoms with Crippen molar-refractivity contribution in [2.75, 3.05) is 7.11 Å². The molecule has 0 aliphatic carbocycles. The fourth-order valence-electron chi connectivity index (χ4n) is 2.75. The lowest BCUT2D eigenvalue weighted by molar-refractivity contribution is 0.220. The normalized spacial score (nSPS) is 12.3. The van der Waals surface area contributed by atoms with E-state index in [0.717, 1.165) is 33.2 Å². The zero-order valence-electron chi connectivity index (χ0n) is 12.2. The first-order valence-corrected chi connectivity index (χ1v) is 7.01. The van der Waals surface area contributed by atoms with E-state index in [9.17, 15) is 5.11 Å². The molecule has 0 radical (unpaired) electrons. The van der Waals surface area contributed by atoms with Crippen molar-refractivity contribution in [3.63, 3.8) is 0 Å². The molecule has 3 aromatic carbocycles. The minimum atomic E-state index is -0.661. The summed E-state index contributed by atoms with van der Waals surface area (Å²) in [5, 5.41) is 13.1. The third kappa shape index (κ3) is 2.50. The Morgan fingerprint density at radius 1 is 0.952 bits per heavy atom. The van der Waals surface area contributed by atoms with Gasteiger partial charge < -0.3 is 9.84 Å². The molecule has 1 atom stereocenters. The summed E-state index contributed by atoms with van der Waals surface area (Å²) in [6.45, 7) is 2.03. The van der Waals surface area contributed by atoms with E-state index in [-0.39, 0.29) is 0 Å². The standard InChI is InChI=1S/C19H18O2/c1-13-10-11-14-6-3-4-9-17(14)18(13)19(20)15-7-5-8-16(12-15)21-2/h3-12,19-20H,1-2H3/t19-/m1/s1. The highest BCUT2D eigenvalue weighted by atomic mass is 16.5. The van der Waals surface area contributed by atoms with Gasteiger partial charge in [-0.3, -0.25) is 0 Å². The average molecular weight is 278 g/mol. The second-order valence-electron chi connectivity index (χ2n) is 5.20. The van der Waals surface area contributed by atoms with Crippen molar-refractivity contribution in [2.24, 2.45) is 0 Å². The molecule has 0 fully saturated rings. The van der Waals surface area contributed by atoms with E-state index in [0.29, 0.717) is 0 Å². The minimum Gasteiger partial charge on any atom is -0.497 e. The maximum absolute atomic E-state index is 10.8. The van der Waals surface area contributed by atoms with Crippen LogP contribution in [0.2, 0.25) is 0 Å². The van der Waals surface area contributed by atoms with Crippen molar-refractivity contribution >= 4 is 10.8 Å². The molecule has 0 aliphatic rings. The van der Waals surface area contributed by atoms with Crippen LogP contribution in [0.1, 0.15) is 22.8 Å². The number of hydrogen-bond donors (Lipinski definition) is 1. The molecule has 0 heterocycles. The molecule has 3 aromatic rings. The number of methoxy groups -OCH3 is 1. The third-order valence-corrected chi connectivity index (χ3v) is 3.87. The van der Waals surface area contributed by atoms with Crippen LogP contribution in [-0.2, 0) is 0 Å². The van der Waals surface area contributed by atoms with Crippen molar-refractivity contribution < 1.29 is 9.84 Å². The molecule has 0 saturated heterocycles. The Morgan fingerprint density at radius 2 is 1.76 bits per heavy atom. The largest absolute Gasteiger partial charge is 0.497 e. The number of aryl methyl sites for hydroxylation is 1. The maximum atomic E-state index is 10.8. The Balaban J connectivity index is 2.16. The van der Waals surface area contributed by atoms with Crippen molar-refractivity contribution in [3.05, 3.63) is 77.4 Å². The van der Waals surface area contributed by atoms with Gasteiger partial charge in [0.25, 0.3) is 0 Å². The number of aliphatic hydroxyl groups is 1. The van der Waals surface area contributed by atoms with E-state index < -0.39 is 6.10 Å². The van der Waals surface area contributed by atoms with Gasteiger partial charge in [0.2, 0.25) is 0 Å². The number of ether oxygens (including phenoxy) is 1. The van der Waals surface area contributed by atoms with Gasteiger partial charge in [0.05, 0.1) is 7.11 Å². The summed E-state index contributed by atoms with van der Waals surface area (Å²) < 4.78 is 5.25. The van der Waals surface area contributed by atoms with Crippen LogP contribution in [0.25, 0.3) is 10.8 Å². The molecular weight excluding hydrogens is 260 g/mol. The fraction of sp³-hybridized carbons (Fsp3) is 0.158. The Morgan fingerprint density at radius 3 is 2.57 bits per heavy atom. The molecule has 0 bridgehead atoms. The van der Waals surface area contributed by atoms with Crippen molar-refractivity contribution in [1.29, 1.82) is 0 Å². The van der Waals surface area contributed by atoms with Crippen LogP contribution in [0.3, 0.4) is 0 Å². The predicted octanol–water partition coefficient (Wildman–Crippen LogP) is 4.24. The SMILES string of the molecule is COc1cccc([C@@H](O)c2c(C)ccc3ccccc23)c1. The molecule has 0 spiro atoms. The molecular formula is C19H18O2. The Bertz CT molecular complexity index is 777. The highest BCUT2D eigenvalue weighted by Gasteiger charge is 2.16. The third-order valence-electron chi connectivity index (χ3n) is 3.87. The number of aliphatic hydroxyl groups excluding tert-OH is 1. The summed E-state index contributed by atoms with van der Waals surface area (Å²) in [5.41, 5.74) is 2.89. The van der Waals surface area contributed by atoms with Gasteiger partial charge in [0, 0.05) is 0 Å².